The lowest BCUT2D eigenvalue weighted by molar-refractivity contribution is -0.140. The molecule has 2 aromatic rings. The molecule has 13 heteroatoms. The Bertz CT molecular complexity index is 1240. The number of carboxylic acids is 3. The highest BCUT2D eigenvalue weighted by Crippen LogP contribution is 2.12. The lowest BCUT2D eigenvalue weighted by Crippen LogP contribution is -2.41. The first-order chi connectivity index (χ1) is 20.0. The standard InChI is InChI=1S/C29H40N6O7/c1-21(2)26(36)17-32-9-10-33(18-27(37)38)14-24-7-4-8-25(31-24)16-35(20-29(41)42)12-11-34(19-28(39)40)15-23-6-3-5-22(13-32)30-23/h3-8,21H,9-20H2,1-2H3,(H,37,38)(H,39,40)(H,41,42). The predicted octanol–water partition coefficient (Wildman–Crippen LogP) is 0.877. The van der Waals surface area contributed by atoms with E-state index in [4.69, 9.17) is 4.98 Å². The van der Waals surface area contributed by atoms with E-state index in [9.17, 15) is 34.5 Å². The summed E-state index contributed by atoms with van der Waals surface area (Å²) in [5.74, 6) is -3.10. The summed E-state index contributed by atoms with van der Waals surface area (Å²) in [5.41, 5.74) is 2.61. The van der Waals surface area contributed by atoms with Crippen molar-refractivity contribution in [2.75, 3.05) is 52.4 Å². The van der Waals surface area contributed by atoms with Crippen molar-refractivity contribution in [3.8, 4) is 0 Å². The smallest absolute Gasteiger partial charge is 0.317 e. The summed E-state index contributed by atoms with van der Waals surface area (Å²) in [6.45, 7) is 5.57. The summed E-state index contributed by atoms with van der Waals surface area (Å²) in [5, 5.41) is 28.6. The number of aliphatic carboxylic acids is 3. The molecule has 3 rings (SSSR count). The van der Waals surface area contributed by atoms with Crippen LogP contribution in [0.15, 0.2) is 36.4 Å². The number of carboxylic acid groups (broad SMARTS) is 3. The fraction of sp³-hybridized carbons (Fsp3) is 0.517. The SMILES string of the molecule is CC(C)C(=O)CN1CCN(CC(=O)O)Cc2cccc(n2)CN(CC(=O)O)CCN(CC(=O)O)Cc2cccc(n2)C1. The second-order valence-electron chi connectivity index (χ2n) is 10.9. The van der Waals surface area contributed by atoms with Crippen molar-refractivity contribution in [3.63, 3.8) is 0 Å². The Hall–Kier alpha value is -3.78. The molecule has 0 aliphatic carbocycles. The van der Waals surface area contributed by atoms with E-state index in [0.717, 1.165) is 0 Å². The molecule has 42 heavy (non-hydrogen) atoms. The van der Waals surface area contributed by atoms with Crippen LogP contribution >= 0.6 is 0 Å². The average molecular weight is 585 g/mol. The maximum Gasteiger partial charge on any atom is 0.317 e. The Kier molecular flexibility index (Phi) is 12.5. The normalized spacial score (nSPS) is 16.9. The Balaban J connectivity index is 1.97. The van der Waals surface area contributed by atoms with Gasteiger partial charge in [-0.05, 0) is 24.3 Å². The van der Waals surface area contributed by atoms with Crippen LogP contribution in [0.3, 0.4) is 0 Å². The molecule has 0 spiro atoms. The third-order valence-corrected chi connectivity index (χ3v) is 6.84. The van der Waals surface area contributed by atoms with Gasteiger partial charge in [-0.2, -0.15) is 0 Å². The zero-order valence-corrected chi connectivity index (χ0v) is 24.2. The van der Waals surface area contributed by atoms with E-state index in [1.807, 2.05) is 30.9 Å². The summed E-state index contributed by atoms with van der Waals surface area (Å²) in [7, 11) is 0. The zero-order valence-electron chi connectivity index (χ0n) is 24.2. The predicted molar refractivity (Wildman–Crippen MR) is 152 cm³/mol. The van der Waals surface area contributed by atoms with Crippen LogP contribution in [-0.4, -0.2) is 121 Å². The van der Waals surface area contributed by atoms with Gasteiger partial charge in [0.2, 0.25) is 0 Å². The molecule has 3 N–H and O–H groups in total. The Morgan fingerprint density at radius 3 is 1.14 bits per heavy atom. The summed E-state index contributed by atoms with van der Waals surface area (Å²) >= 11 is 0. The highest BCUT2D eigenvalue weighted by Gasteiger charge is 2.20. The molecule has 0 saturated carbocycles. The van der Waals surface area contributed by atoms with Crippen LogP contribution in [0.2, 0.25) is 0 Å². The van der Waals surface area contributed by atoms with Gasteiger partial charge in [-0.15, -0.1) is 0 Å². The van der Waals surface area contributed by atoms with Crippen molar-refractivity contribution in [2.24, 2.45) is 5.92 Å². The lowest BCUT2D eigenvalue weighted by Gasteiger charge is -2.28. The molecule has 1 aliphatic rings. The lowest BCUT2D eigenvalue weighted by atomic mass is 10.1. The van der Waals surface area contributed by atoms with Gasteiger partial charge in [0, 0.05) is 58.3 Å². The van der Waals surface area contributed by atoms with Gasteiger partial charge in [-0.1, -0.05) is 26.0 Å². The summed E-state index contributed by atoms with van der Waals surface area (Å²) in [6, 6.07) is 10.9. The number of pyridine rings is 2. The number of Topliss-reactive ketones (excluding diaryl/α,β-unsaturated/α-hetero) is 1. The van der Waals surface area contributed by atoms with Gasteiger partial charge in [0.1, 0.15) is 5.78 Å². The summed E-state index contributed by atoms with van der Waals surface area (Å²) in [4.78, 5) is 64.1. The number of ketones is 1. The molecule has 0 amide bonds. The first kappa shape index (κ1) is 32.7. The Morgan fingerprint density at radius 1 is 0.595 bits per heavy atom. The monoisotopic (exact) mass is 584 g/mol. The first-order valence-electron chi connectivity index (χ1n) is 13.9. The minimum absolute atomic E-state index is 0.0611. The maximum atomic E-state index is 12.7. The Morgan fingerprint density at radius 2 is 0.881 bits per heavy atom. The van der Waals surface area contributed by atoms with Crippen LogP contribution in [0.1, 0.15) is 36.6 Å². The molecule has 0 aromatic carbocycles. The molecule has 1 aliphatic heterocycles. The quantitative estimate of drug-likeness (QED) is 0.380. The largest absolute Gasteiger partial charge is 0.480 e. The molecule has 228 valence electrons. The van der Waals surface area contributed by atoms with Gasteiger partial charge in [0.25, 0.3) is 0 Å². The van der Waals surface area contributed by atoms with Gasteiger partial charge >= 0.3 is 17.9 Å². The van der Waals surface area contributed by atoms with E-state index in [1.54, 1.807) is 39.0 Å². The zero-order chi connectivity index (χ0) is 30.6. The van der Waals surface area contributed by atoms with Crippen molar-refractivity contribution >= 4 is 23.7 Å². The molecule has 2 aromatic heterocycles. The molecular formula is C29H40N6O7. The fourth-order valence-corrected chi connectivity index (χ4v) is 4.73. The van der Waals surface area contributed by atoms with Crippen molar-refractivity contribution < 1.29 is 34.5 Å². The molecule has 0 fully saturated rings. The van der Waals surface area contributed by atoms with Crippen molar-refractivity contribution in [1.82, 2.24) is 29.6 Å². The number of nitrogens with zero attached hydrogens (tertiary/aromatic N) is 6. The number of aromatic nitrogens is 2. The minimum Gasteiger partial charge on any atom is -0.480 e. The molecular weight excluding hydrogens is 544 g/mol. The van der Waals surface area contributed by atoms with Gasteiger partial charge in [-0.25, -0.2) is 0 Å². The average Bonchev–Trinajstić information content (AvgIpc) is 2.89. The van der Waals surface area contributed by atoms with E-state index >= 15 is 0 Å². The fourth-order valence-electron chi connectivity index (χ4n) is 4.73. The van der Waals surface area contributed by atoms with E-state index in [2.05, 4.69) is 4.98 Å². The molecule has 0 atom stereocenters. The molecule has 0 unspecified atom stereocenters. The molecule has 13 nitrogen and oxygen atoms in total. The number of carbonyl (C=O) groups is 4. The van der Waals surface area contributed by atoms with Crippen molar-refractivity contribution in [2.45, 2.75) is 40.0 Å². The second-order valence-corrected chi connectivity index (χ2v) is 10.9. The molecule has 0 radical (unpaired) electrons. The van der Waals surface area contributed by atoms with E-state index in [-0.39, 0.29) is 70.6 Å². The topological polar surface area (TPSA) is 168 Å². The van der Waals surface area contributed by atoms with Crippen LogP contribution in [-0.2, 0) is 45.4 Å². The van der Waals surface area contributed by atoms with Crippen LogP contribution in [0.5, 0.6) is 0 Å². The molecule has 3 heterocycles. The van der Waals surface area contributed by atoms with Gasteiger partial charge in [0.15, 0.2) is 0 Å². The molecule has 0 saturated heterocycles. The van der Waals surface area contributed by atoms with Gasteiger partial charge < -0.3 is 15.3 Å². The third-order valence-electron chi connectivity index (χ3n) is 6.84. The van der Waals surface area contributed by atoms with Gasteiger partial charge in [-0.3, -0.25) is 48.7 Å². The van der Waals surface area contributed by atoms with E-state index in [1.165, 1.54) is 0 Å². The van der Waals surface area contributed by atoms with E-state index < -0.39 is 17.9 Å². The maximum absolute atomic E-state index is 12.7. The summed E-state index contributed by atoms with van der Waals surface area (Å²) in [6.07, 6.45) is 0. The van der Waals surface area contributed by atoms with Crippen molar-refractivity contribution in [3.05, 3.63) is 59.2 Å². The summed E-state index contributed by atoms with van der Waals surface area (Å²) < 4.78 is 0. The first-order valence-corrected chi connectivity index (χ1v) is 13.9. The van der Waals surface area contributed by atoms with Crippen molar-refractivity contribution in [1.29, 1.82) is 0 Å². The van der Waals surface area contributed by atoms with Crippen LogP contribution in [0.4, 0.5) is 0 Å². The van der Waals surface area contributed by atoms with Crippen LogP contribution < -0.4 is 0 Å². The van der Waals surface area contributed by atoms with Gasteiger partial charge in [0.05, 0.1) is 49.0 Å². The highest BCUT2D eigenvalue weighted by molar-refractivity contribution is 5.82. The van der Waals surface area contributed by atoms with Crippen LogP contribution in [0, 0.1) is 5.92 Å². The molecule has 4 bridgehead atoms. The minimum atomic E-state index is -1.01. The number of hydrogen-bond donors (Lipinski definition) is 3. The highest BCUT2D eigenvalue weighted by atomic mass is 16.4. The van der Waals surface area contributed by atoms with E-state index in [0.29, 0.717) is 42.4 Å². The number of fused-ring (bicyclic) bond motifs is 4. The third kappa shape index (κ3) is 11.6. The number of hydrogen-bond acceptors (Lipinski definition) is 10. The number of rotatable bonds is 9. The number of carbonyl (C=O) groups excluding carboxylic acids is 1. The van der Waals surface area contributed by atoms with Crippen LogP contribution in [0.25, 0.3) is 0 Å². The second kappa shape index (κ2) is 16.0. The Labute approximate surface area is 245 Å².